The summed E-state index contributed by atoms with van der Waals surface area (Å²) in [5, 5.41) is 17.4. The Morgan fingerprint density at radius 1 is 1.22 bits per heavy atom. The maximum atomic E-state index is 10.9. The van der Waals surface area contributed by atoms with Crippen molar-refractivity contribution in [1.82, 2.24) is 10.2 Å². The summed E-state index contributed by atoms with van der Waals surface area (Å²) in [5.74, 6) is -0.533. The first kappa shape index (κ1) is 10.5. The van der Waals surface area contributed by atoms with Crippen molar-refractivity contribution in [2.45, 2.75) is 0 Å². The molecular weight excluding hydrogens is 232 g/mol. The number of furan rings is 1. The fraction of sp³-hybridized carbons (Fsp3) is 0. The number of aromatic nitrogens is 2. The number of hydrogen-bond acceptors (Lipinski definition) is 4. The second-order valence-electron chi connectivity index (χ2n) is 3.78. The van der Waals surface area contributed by atoms with Crippen LogP contribution in [0.5, 0.6) is 0 Å². The average molecular weight is 240 g/mol. The van der Waals surface area contributed by atoms with Crippen LogP contribution in [0.2, 0.25) is 0 Å². The minimum atomic E-state index is -1.04. The molecule has 0 unspecified atom stereocenters. The van der Waals surface area contributed by atoms with Gasteiger partial charge in [0.2, 0.25) is 0 Å². The molecule has 0 aliphatic carbocycles. The van der Waals surface area contributed by atoms with Crippen molar-refractivity contribution in [3.8, 4) is 11.5 Å². The Bertz CT molecular complexity index is 701. The highest BCUT2D eigenvalue weighted by atomic mass is 16.4. The van der Waals surface area contributed by atoms with E-state index in [9.17, 15) is 4.79 Å². The molecule has 5 heteroatoms. The predicted molar refractivity (Wildman–Crippen MR) is 64.2 cm³/mol. The smallest absolute Gasteiger partial charge is 0.337 e. The molecule has 0 aliphatic heterocycles. The second-order valence-corrected chi connectivity index (χ2v) is 3.78. The summed E-state index contributed by atoms with van der Waals surface area (Å²) in [6, 6.07) is 10.8. The molecule has 18 heavy (non-hydrogen) atoms. The van der Waals surface area contributed by atoms with E-state index >= 15 is 0 Å². The topological polar surface area (TPSA) is 76.2 Å². The van der Waals surface area contributed by atoms with E-state index in [1.165, 1.54) is 12.3 Å². The van der Waals surface area contributed by atoms with E-state index in [0.29, 0.717) is 11.5 Å². The molecule has 1 N–H and O–H groups in total. The van der Waals surface area contributed by atoms with Crippen LogP contribution in [0.1, 0.15) is 10.4 Å². The van der Waals surface area contributed by atoms with Crippen molar-refractivity contribution in [1.29, 1.82) is 0 Å². The number of rotatable bonds is 2. The third-order valence-corrected chi connectivity index (χ3v) is 2.58. The van der Waals surface area contributed by atoms with Crippen molar-refractivity contribution in [3.05, 3.63) is 48.2 Å². The quantitative estimate of drug-likeness (QED) is 0.745. The normalized spacial score (nSPS) is 10.7. The molecule has 0 spiro atoms. The highest BCUT2D eigenvalue weighted by molar-refractivity contribution is 5.89. The van der Waals surface area contributed by atoms with Crippen molar-refractivity contribution >= 4 is 16.9 Å². The van der Waals surface area contributed by atoms with Gasteiger partial charge < -0.3 is 9.52 Å². The molecule has 0 fully saturated rings. The number of carboxylic acid groups (broad SMARTS) is 1. The number of fused-ring (bicyclic) bond motifs is 1. The Kier molecular flexibility index (Phi) is 2.30. The number of carboxylic acids is 1. The number of hydrogen-bond donors (Lipinski definition) is 1. The van der Waals surface area contributed by atoms with E-state index in [0.717, 1.165) is 11.0 Å². The van der Waals surface area contributed by atoms with Gasteiger partial charge >= 0.3 is 5.97 Å². The van der Waals surface area contributed by atoms with E-state index in [-0.39, 0.29) is 5.56 Å². The summed E-state index contributed by atoms with van der Waals surface area (Å²) in [6.07, 6.45) is 1.20. The zero-order valence-corrected chi connectivity index (χ0v) is 9.20. The van der Waals surface area contributed by atoms with Crippen LogP contribution in [-0.4, -0.2) is 21.3 Å². The van der Waals surface area contributed by atoms with Gasteiger partial charge in [0.1, 0.15) is 11.3 Å². The van der Waals surface area contributed by atoms with Crippen molar-refractivity contribution in [3.63, 3.8) is 0 Å². The minimum Gasteiger partial charge on any atom is -0.478 e. The van der Waals surface area contributed by atoms with E-state index in [4.69, 9.17) is 9.52 Å². The van der Waals surface area contributed by atoms with Gasteiger partial charge in [0.05, 0.1) is 11.8 Å². The maximum absolute atomic E-state index is 10.9. The van der Waals surface area contributed by atoms with Gasteiger partial charge in [-0.05, 0) is 18.2 Å². The molecule has 0 aliphatic rings. The lowest BCUT2D eigenvalue weighted by Crippen LogP contribution is -1.99. The molecule has 0 bridgehead atoms. The summed E-state index contributed by atoms with van der Waals surface area (Å²) in [7, 11) is 0. The highest BCUT2D eigenvalue weighted by Gasteiger charge is 2.11. The molecule has 5 nitrogen and oxygen atoms in total. The number of benzene rings is 1. The fourth-order valence-electron chi connectivity index (χ4n) is 1.71. The van der Waals surface area contributed by atoms with Crippen LogP contribution in [-0.2, 0) is 0 Å². The maximum Gasteiger partial charge on any atom is 0.337 e. The van der Waals surface area contributed by atoms with Crippen LogP contribution < -0.4 is 0 Å². The van der Waals surface area contributed by atoms with Gasteiger partial charge in [-0.1, -0.05) is 18.2 Å². The number of nitrogens with zero attached hydrogens (tertiary/aromatic N) is 2. The zero-order valence-electron chi connectivity index (χ0n) is 9.20. The second kappa shape index (κ2) is 3.96. The van der Waals surface area contributed by atoms with Crippen molar-refractivity contribution in [2.24, 2.45) is 0 Å². The van der Waals surface area contributed by atoms with Crippen LogP contribution in [0.4, 0.5) is 0 Å². The summed E-state index contributed by atoms with van der Waals surface area (Å²) in [4.78, 5) is 10.9. The molecule has 3 aromatic rings. The SMILES string of the molecule is O=C(O)c1cnnc(-c2cc3ccccc3o2)c1. The molecule has 0 atom stereocenters. The van der Waals surface area contributed by atoms with Gasteiger partial charge in [0.15, 0.2) is 5.76 Å². The minimum absolute atomic E-state index is 0.0838. The first-order valence-corrected chi connectivity index (χ1v) is 5.29. The molecule has 1 aromatic carbocycles. The molecule has 0 radical (unpaired) electrons. The van der Waals surface area contributed by atoms with Gasteiger partial charge in [-0.3, -0.25) is 0 Å². The lowest BCUT2D eigenvalue weighted by molar-refractivity contribution is 0.0696. The van der Waals surface area contributed by atoms with Crippen LogP contribution >= 0.6 is 0 Å². The molecule has 0 saturated carbocycles. The molecular formula is C13H8N2O3. The largest absolute Gasteiger partial charge is 0.478 e. The summed E-state index contributed by atoms with van der Waals surface area (Å²) < 4.78 is 5.59. The standard InChI is InChI=1S/C13H8N2O3/c16-13(17)9-5-10(15-14-7-9)12-6-8-3-1-2-4-11(8)18-12/h1-7H,(H,16,17). The van der Waals surface area contributed by atoms with Crippen LogP contribution in [0.15, 0.2) is 47.0 Å². The third-order valence-electron chi connectivity index (χ3n) is 2.58. The van der Waals surface area contributed by atoms with E-state index in [2.05, 4.69) is 10.2 Å². The number of carbonyl (C=O) groups is 1. The Morgan fingerprint density at radius 3 is 2.83 bits per heavy atom. The Hall–Kier alpha value is -2.69. The Labute approximate surface area is 102 Å². The molecule has 88 valence electrons. The van der Waals surface area contributed by atoms with Crippen LogP contribution in [0.25, 0.3) is 22.4 Å². The first-order valence-electron chi connectivity index (χ1n) is 5.29. The molecule has 3 rings (SSSR count). The molecule has 2 aromatic heterocycles. The van der Waals surface area contributed by atoms with Gasteiger partial charge in [-0.15, -0.1) is 5.10 Å². The van der Waals surface area contributed by atoms with Crippen molar-refractivity contribution < 1.29 is 14.3 Å². The van der Waals surface area contributed by atoms with Crippen LogP contribution in [0, 0.1) is 0 Å². The third kappa shape index (κ3) is 1.71. The summed E-state index contributed by atoms with van der Waals surface area (Å²) in [6.45, 7) is 0. The lowest BCUT2D eigenvalue weighted by atomic mass is 10.2. The Balaban J connectivity index is 2.13. The van der Waals surface area contributed by atoms with Crippen molar-refractivity contribution in [2.75, 3.05) is 0 Å². The number of para-hydroxylation sites is 1. The number of aromatic carboxylic acids is 1. The van der Waals surface area contributed by atoms with E-state index < -0.39 is 5.97 Å². The highest BCUT2D eigenvalue weighted by Crippen LogP contribution is 2.26. The summed E-state index contributed by atoms with van der Waals surface area (Å²) >= 11 is 0. The van der Waals surface area contributed by atoms with Gasteiger partial charge in [0, 0.05) is 5.39 Å². The fourth-order valence-corrected chi connectivity index (χ4v) is 1.71. The first-order chi connectivity index (χ1) is 8.74. The Morgan fingerprint density at radius 2 is 2.06 bits per heavy atom. The van der Waals surface area contributed by atoms with E-state index in [1.54, 1.807) is 0 Å². The lowest BCUT2D eigenvalue weighted by Gasteiger charge is -1.96. The predicted octanol–water partition coefficient (Wildman–Crippen LogP) is 2.59. The van der Waals surface area contributed by atoms with Gasteiger partial charge in [-0.2, -0.15) is 5.10 Å². The average Bonchev–Trinajstić information content (AvgIpc) is 2.82. The summed E-state index contributed by atoms with van der Waals surface area (Å²) in [5.41, 5.74) is 1.22. The zero-order chi connectivity index (χ0) is 12.5. The van der Waals surface area contributed by atoms with Crippen LogP contribution in [0.3, 0.4) is 0 Å². The molecule has 0 amide bonds. The molecule has 2 heterocycles. The van der Waals surface area contributed by atoms with E-state index in [1.807, 2.05) is 30.3 Å². The van der Waals surface area contributed by atoms with Gasteiger partial charge in [0.25, 0.3) is 0 Å². The monoisotopic (exact) mass is 240 g/mol. The van der Waals surface area contributed by atoms with Gasteiger partial charge in [-0.25, -0.2) is 4.79 Å². The molecule has 0 saturated heterocycles.